The fraction of sp³-hybridized carbons (Fsp3) is 0.273. The van der Waals surface area contributed by atoms with Gasteiger partial charge in [-0.3, -0.25) is 4.72 Å². The van der Waals surface area contributed by atoms with Gasteiger partial charge in [0.2, 0.25) is 0 Å². The van der Waals surface area contributed by atoms with Crippen LogP contribution in [0.5, 0.6) is 0 Å². The summed E-state index contributed by atoms with van der Waals surface area (Å²) < 4.78 is 79.5. The third-order valence-corrected chi connectivity index (χ3v) is 6.68. The van der Waals surface area contributed by atoms with Gasteiger partial charge < -0.3 is 4.90 Å². The lowest BCUT2D eigenvalue weighted by Crippen LogP contribution is -2.30. The van der Waals surface area contributed by atoms with E-state index >= 15 is 0 Å². The topological polar surface area (TPSA) is 75.2 Å². The van der Waals surface area contributed by atoms with Crippen LogP contribution < -0.4 is 9.62 Å². The average molecular weight is 480 g/mol. The number of sulfonamides is 1. The molecule has 1 aliphatic heterocycles. The molecule has 0 bridgehead atoms. The Hall–Kier alpha value is -3.21. The summed E-state index contributed by atoms with van der Waals surface area (Å²) in [6.07, 6.45) is -1.51. The molecule has 0 aliphatic carbocycles. The smallest absolute Gasteiger partial charge is 0.355 e. The molecule has 0 amide bonds. The van der Waals surface area contributed by atoms with Crippen LogP contribution in [0.2, 0.25) is 0 Å². The lowest BCUT2D eigenvalue weighted by molar-refractivity contribution is -0.140. The third-order valence-electron chi connectivity index (χ3n) is 5.30. The molecule has 174 valence electrons. The minimum Gasteiger partial charge on any atom is -0.355 e. The van der Waals surface area contributed by atoms with Gasteiger partial charge in [-0.2, -0.15) is 13.2 Å². The number of aromatic nitrogens is 2. The summed E-state index contributed by atoms with van der Waals surface area (Å²) in [6, 6.07) is 11.4. The number of benzene rings is 2. The second-order valence-electron chi connectivity index (χ2n) is 7.65. The highest BCUT2D eigenvalue weighted by atomic mass is 32.2. The van der Waals surface area contributed by atoms with Crippen molar-refractivity contribution in [3.05, 3.63) is 66.0 Å². The van der Waals surface area contributed by atoms with Crippen LogP contribution in [0.15, 0.2) is 59.5 Å². The first-order chi connectivity index (χ1) is 15.6. The molecule has 1 aromatic heterocycles. The van der Waals surface area contributed by atoms with E-state index in [2.05, 4.69) is 19.8 Å². The number of hydrogen-bond acceptors (Lipinski definition) is 5. The number of nitrogens with one attached hydrogen (secondary N) is 1. The third kappa shape index (κ3) is 5.24. The van der Waals surface area contributed by atoms with Gasteiger partial charge in [0.25, 0.3) is 10.0 Å². The molecule has 33 heavy (non-hydrogen) atoms. The van der Waals surface area contributed by atoms with E-state index in [0.717, 1.165) is 31.7 Å². The van der Waals surface area contributed by atoms with E-state index in [0.29, 0.717) is 29.5 Å². The summed E-state index contributed by atoms with van der Waals surface area (Å²) in [5.74, 6) is -0.886. The van der Waals surface area contributed by atoms with Crippen molar-refractivity contribution in [2.24, 2.45) is 0 Å². The van der Waals surface area contributed by atoms with Crippen LogP contribution >= 0.6 is 0 Å². The van der Waals surface area contributed by atoms with Crippen LogP contribution in [0, 0.1) is 5.82 Å². The lowest BCUT2D eigenvalue weighted by Gasteiger charge is -2.27. The molecule has 1 fully saturated rings. The van der Waals surface area contributed by atoms with Gasteiger partial charge in [-0.15, -0.1) is 10.2 Å². The predicted octanol–water partition coefficient (Wildman–Crippen LogP) is 5.09. The maximum Gasteiger partial charge on any atom is 0.419 e. The van der Waals surface area contributed by atoms with Gasteiger partial charge in [0.05, 0.1) is 16.2 Å². The first-order valence-electron chi connectivity index (χ1n) is 10.2. The Labute approximate surface area is 188 Å². The van der Waals surface area contributed by atoms with Crippen molar-refractivity contribution in [2.45, 2.75) is 30.3 Å². The lowest BCUT2D eigenvalue weighted by atomic mass is 10.1. The molecule has 3 aromatic rings. The van der Waals surface area contributed by atoms with Gasteiger partial charge >= 0.3 is 6.18 Å². The molecule has 1 N–H and O–H groups in total. The van der Waals surface area contributed by atoms with Crippen molar-refractivity contribution in [2.75, 3.05) is 22.7 Å². The van der Waals surface area contributed by atoms with Crippen molar-refractivity contribution in [3.63, 3.8) is 0 Å². The Balaban J connectivity index is 1.54. The molecular weight excluding hydrogens is 460 g/mol. The number of alkyl halides is 3. The summed E-state index contributed by atoms with van der Waals surface area (Å²) in [5.41, 5.74) is -0.270. The first-order valence-corrected chi connectivity index (χ1v) is 11.7. The Morgan fingerprint density at radius 3 is 2.30 bits per heavy atom. The Morgan fingerprint density at radius 2 is 1.67 bits per heavy atom. The van der Waals surface area contributed by atoms with Crippen LogP contribution in [0.4, 0.5) is 29.1 Å². The molecule has 0 radical (unpaired) electrons. The predicted molar refractivity (Wildman–Crippen MR) is 116 cm³/mol. The standard InChI is InChI=1S/C22H20F4N4O2S/c23-19-14-17(7-8-18(19)22(24,25)26)33(31,32)29-16-6-4-5-15(13-16)20-9-10-21(28-27-20)30-11-2-1-3-12-30/h4-10,13-14,29H,1-3,11-12H2. The average Bonchev–Trinajstić information content (AvgIpc) is 2.79. The summed E-state index contributed by atoms with van der Waals surface area (Å²) >= 11 is 0. The van der Waals surface area contributed by atoms with Crippen LogP contribution in [-0.2, 0) is 16.2 Å². The van der Waals surface area contributed by atoms with Crippen molar-refractivity contribution >= 4 is 21.5 Å². The molecule has 1 aliphatic rings. The molecule has 0 atom stereocenters. The quantitative estimate of drug-likeness (QED) is 0.515. The molecule has 2 aromatic carbocycles. The molecule has 1 saturated heterocycles. The van der Waals surface area contributed by atoms with Crippen molar-refractivity contribution in [1.29, 1.82) is 0 Å². The van der Waals surface area contributed by atoms with Gasteiger partial charge in [0.1, 0.15) is 5.82 Å². The molecule has 11 heteroatoms. The van der Waals surface area contributed by atoms with E-state index in [1.165, 1.54) is 18.6 Å². The maximum absolute atomic E-state index is 13.8. The number of halogens is 4. The van der Waals surface area contributed by atoms with Gasteiger partial charge in [0, 0.05) is 24.3 Å². The molecule has 0 spiro atoms. The fourth-order valence-electron chi connectivity index (χ4n) is 3.62. The molecule has 0 unspecified atom stereocenters. The fourth-order valence-corrected chi connectivity index (χ4v) is 4.68. The zero-order valence-electron chi connectivity index (χ0n) is 17.3. The minimum absolute atomic E-state index is 0.148. The summed E-state index contributed by atoms with van der Waals surface area (Å²) in [4.78, 5) is 1.54. The maximum atomic E-state index is 13.8. The van der Waals surface area contributed by atoms with Gasteiger partial charge in [0.15, 0.2) is 5.82 Å². The van der Waals surface area contributed by atoms with Crippen LogP contribution in [0.3, 0.4) is 0 Å². The number of rotatable bonds is 5. The zero-order valence-corrected chi connectivity index (χ0v) is 18.1. The number of hydrogen-bond donors (Lipinski definition) is 1. The van der Waals surface area contributed by atoms with E-state index in [4.69, 9.17) is 0 Å². The van der Waals surface area contributed by atoms with Gasteiger partial charge in [-0.25, -0.2) is 12.8 Å². The van der Waals surface area contributed by atoms with Crippen molar-refractivity contribution in [3.8, 4) is 11.3 Å². The highest BCUT2D eigenvalue weighted by molar-refractivity contribution is 7.92. The molecule has 6 nitrogen and oxygen atoms in total. The molecule has 0 saturated carbocycles. The van der Waals surface area contributed by atoms with E-state index in [1.54, 1.807) is 18.2 Å². The highest BCUT2D eigenvalue weighted by Crippen LogP contribution is 2.32. The van der Waals surface area contributed by atoms with Gasteiger partial charge in [-0.1, -0.05) is 12.1 Å². The minimum atomic E-state index is -4.92. The first kappa shape index (κ1) is 23.0. The highest BCUT2D eigenvalue weighted by Gasteiger charge is 2.34. The van der Waals surface area contributed by atoms with Crippen LogP contribution in [-0.4, -0.2) is 31.7 Å². The number of anilines is 2. The van der Waals surface area contributed by atoms with Crippen LogP contribution in [0.1, 0.15) is 24.8 Å². The number of piperidine rings is 1. The van der Waals surface area contributed by atoms with Crippen LogP contribution in [0.25, 0.3) is 11.3 Å². The summed E-state index contributed by atoms with van der Waals surface area (Å²) in [7, 11) is -4.32. The summed E-state index contributed by atoms with van der Waals surface area (Å²) in [6.45, 7) is 1.85. The Morgan fingerprint density at radius 1 is 0.909 bits per heavy atom. The van der Waals surface area contributed by atoms with E-state index in [9.17, 15) is 26.0 Å². The van der Waals surface area contributed by atoms with E-state index < -0.39 is 32.5 Å². The van der Waals surface area contributed by atoms with Crippen molar-refractivity contribution < 1.29 is 26.0 Å². The molecular formula is C22H20F4N4O2S. The normalized spacial score (nSPS) is 14.8. The second-order valence-corrected chi connectivity index (χ2v) is 9.33. The SMILES string of the molecule is O=S(=O)(Nc1cccc(-c2ccc(N3CCCCC3)nn2)c1)c1ccc(C(F)(F)F)c(F)c1. The van der Waals surface area contributed by atoms with Crippen molar-refractivity contribution in [1.82, 2.24) is 10.2 Å². The summed E-state index contributed by atoms with van der Waals surface area (Å²) in [5, 5.41) is 8.51. The van der Waals surface area contributed by atoms with Gasteiger partial charge in [-0.05, 0) is 61.7 Å². The Kier molecular flexibility index (Phi) is 6.24. The van der Waals surface area contributed by atoms with E-state index in [1.807, 2.05) is 6.07 Å². The number of nitrogens with zero attached hydrogens (tertiary/aromatic N) is 3. The largest absolute Gasteiger partial charge is 0.419 e. The Bertz CT molecular complexity index is 1240. The molecule has 4 rings (SSSR count). The molecule has 2 heterocycles. The monoisotopic (exact) mass is 480 g/mol. The zero-order chi connectivity index (χ0) is 23.6. The van der Waals surface area contributed by atoms with E-state index in [-0.39, 0.29) is 5.69 Å². The second kappa shape index (κ2) is 8.97.